The molecule has 6 rings (SSSR count). The van der Waals surface area contributed by atoms with Gasteiger partial charge in [-0.3, -0.25) is 14.4 Å². The van der Waals surface area contributed by atoms with Crippen LogP contribution in [0.4, 0.5) is 0 Å². The molecule has 2 bridgehead atoms. The molecule has 0 spiro atoms. The summed E-state index contributed by atoms with van der Waals surface area (Å²) in [5, 5.41) is 6.31. The first-order valence-corrected chi connectivity index (χ1v) is 15.2. The van der Waals surface area contributed by atoms with Gasteiger partial charge in [-0.25, -0.2) is 0 Å². The number of nitrogens with one attached hydrogen (secondary N) is 2. The maximum absolute atomic E-state index is 13.9. The SMILES string of the molecule is CC(=O)NC1(C(=O)NC(C)(C)C)CC2CC(OC(C)=O)CC2C1CCCB1O[C@@H]2C[C@@H]3C[C@@H](C3(C)C)[C@]2(C)O1. The molecule has 5 aliphatic carbocycles. The molecule has 2 N–H and O–H groups in total. The normalized spacial score (nSPS) is 41.8. The van der Waals surface area contributed by atoms with Crippen LogP contribution in [0.3, 0.4) is 0 Å². The molecule has 9 atom stereocenters. The summed E-state index contributed by atoms with van der Waals surface area (Å²) < 4.78 is 18.7. The Hall–Kier alpha value is -1.61. The van der Waals surface area contributed by atoms with Crippen molar-refractivity contribution in [2.45, 2.75) is 136 Å². The molecule has 218 valence electrons. The minimum absolute atomic E-state index is 0.0553. The first kappa shape index (κ1) is 28.9. The van der Waals surface area contributed by atoms with Crippen molar-refractivity contribution in [3.05, 3.63) is 0 Å². The molecule has 6 fully saturated rings. The lowest BCUT2D eigenvalue weighted by atomic mass is 9.43. The van der Waals surface area contributed by atoms with E-state index < -0.39 is 11.1 Å². The molecule has 2 amide bonds. The summed E-state index contributed by atoms with van der Waals surface area (Å²) in [6, 6.07) is 0. The average Bonchev–Trinajstić information content (AvgIpc) is 3.40. The maximum atomic E-state index is 13.9. The van der Waals surface area contributed by atoms with Crippen molar-refractivity contribution in [1.29, 1.82) is 0 Å². The number of rotatable bonds is 7. The fraction of sp³-hybridized carbons (Fsp3) is 0.900. The second-order valence-corrected chi connectivity index (χ2v) is 15.1. The largest absolute Gasteiger partial charge is 0.463 e. The van der Waals surface area contributed by atoms with Crippen molar-refractivity contribution in [3.63, 3.8) is 0 Å². The van der Waals surface area contributed by atoms with Crippen LogP contribution in [-0.4, -0.2) is 53.8 Å². The smallest absolute Gasteiger partial charge is 0.457 e. The molecule has 1 saturated heterocycles. The van der Waals surface area contributed by atoms with Gasteiger partial charge < -0.3 is 24.7 Å². The van der Waals surface area contributed by atoms with Crippen molar-refractivity contribution in [1.82, 2.24) is 10.6 Å². The Morgan fingerprint density at radius 2 is 1.77 bits per heavy atom. The Kier molecular flexibility index (Phi) is 7.22. The van der Waals surface area contributed by atoms with Crippen LogP contribution in [0.1, 0.15) is 100 Å². The summed E-state index contributed by atoms with van der Waals surface area (Å²) in [5.41, 5.74) is -1.31. The van der Waals surface area contributed by atoms with Crippen LogP contribution in [0.15, 0.2) is 0 Å². The first-order chi connectivity index (χ1) is 18.0. The number of hydrogen-bond donors (Lipinski definition) is 2. The number of amides is 2. The van der Waals surface area contributed by atoms with Gasteiger partial charge in [0.1, 0.15) is 11.6 Å². The predicted molar refractivity (Wildman–Crippen MR) is 148 cm³/mol. The quantitative estimate of drug-likeness (QED) is 0.367. The number of carbonyl (C=O) groups excluding carboxylic acids is 3. The molecule has 0 aromatic rings. The Morgan fingerprint density at radius 1 is 1.05 bits per heavy atom. The van der Waals surface area contributed by atoms with Gasteiger partial charge in [-0.15, -0.1) is 0 Å². The zero-order valence-corrected chi connectivity index (χ0v) is 25.2. The van der Waals surface area contributed by atoms with Gasteiger partial charge in [0.15, 0.2) is 0 Å². The highest BCUT2D eigenvalue weighted by Crippen LogP contribution is 2.66. The van der Waals surface area contributed by atoms with Crippen LogP contribution in [0.5, 0.6) is 0 Å². The van der Waals surface area contributed by atoms with Crippen LogP contribution in [0, 0.1) is 35.0 Å². The van der Waals surface area contributed by atoms with E-state index in [1.807, 2.05) is 20.8 Å². The third-order valence-corrected chi connectivity index (χ3v) is 11.0. The third-order valence-electron chi connectivity index (χ3n) is 11.0. The van der Waals surface area contributed by atoms with Crippen molar-refractivity contribution in [2.75, 3.05) is 0 Å². The van der Waals surface area contributed by atoms with Crippen molar-refractivity contribution in [3.8, 4) is 0 Å². The molecule has 5 saturated carbocycles. The summed E-state index contributed by atoms with van der Waals surface area (Å²) in [4.78, 5) is 38.1. The molecular weight excluding hydrogens is 495 g/mol. The molecule has 0 aromatic heterocycles. The Labute approximate surface area is 234 Å². The van der Waals surface area contributed by atoms with E-state index in [1.165, 1.54) is 20.3 Å². The van der Waals surface area contributed by atoms with E-state index in [4.69, 9.17) is 14.0 Å². The molecule has 6 aliphatic rings. The molecular formula is C30H49BN2O6. The summed E-state index contributed by atoms with van der Waals surface area (Å²) in [6.07, 6.45) is 6.73. The minimum atomic E-state index is -0.974. The van der Waals surface area contributed by atoms with Crippen molar-refractivity contribution < 1.29 is 28.4 Å². The highest BCUT2D eigenvalue weighted by molar-refractivity contribution is 6.45. The van der Waals surface area contributed by atoms with Crippen LogP contribution in [-0.2, 0) is 28.4 Å². The summed E-state index contributed by atoms with van der Waals surface area (Å²) in [6.45, 7) is 15.8. The van der Waals surface area contributed by atoms with E-state index in [-0.39, 0.29) is 60.5 Å². The number of esters is 1. The Balaban J connectivity index is 1.31. The topological polar surface area (TPSA) is 103 Å². The third kappa shape index (κ3) is 5.04. The number of ether oxygens (including phenoxy) is 1. The van der Waals surface area contributed by atoms with Gasteiger partial charge in [-0.05, 0) is 108 Å². The Bertz CT molecular complexity index is 1010. The van der Waals surface area contributed by atoms with Crippen molar-refractivity contribution >= 4 is 24.9 Å². The average molecular weight is 545 g/mol. The first-order valence-electron chi connectivity index (χ1n) is 15.2. The molecule has 5 unspecified atom stereocenters. The van der Waals surface area contributed by atoms with E-state index in [9.17, 15) is 14.4 Å². The van der Waals surface area contributed by atoms with Crippen molar-refractivity contribution in [2.24, 2.45) is 35.0 Å². The van der Waals surface area contributed by atoms with Crippen LogP contribution >= 0.6 is 0 Å². The molecule has 0 radical (unpaired) electrons. The van der Waals surface area contributed by atoms with Gasteiger partial charge in [0.25, 0.3) is 0 Å². The summed E-state index contributed by atoms with van der Waals surface area (Å²) >= 11 is 0. The van der Waals surface area contributed by atoms with E-state index in [2.05, 4.69) is 31.4 Å². The van der Waals surface area contributed by atoms with E-state index in [1.54, 1.807) is 0 Å². The van der Waals surface area contributed by atoms with Gasteiger partial charge in [0, 0.05) is 19.4 Å². The standard InChI is InChI=1S/C30H49BN2O6/c1-17(34)32-30(26(36)33-27(3,4)5)16-19-12-21(37-18(2)35)15-22(19)23(30)10-9-11-31-38-25-14-20-13-24(28(20,6)7)29(25,8)39-31/h19-25H,9-16H2,1-8H3,(H,32,34)(H,33,36)/t19?,20-,21?,22?,23?,24-,25+,29-,30?/m0/s1. The lowest BCUT2D eigenvalue weighted by Crippen LogP contribution is -2.65. The van der Waals surface area contributed by atoms with Crippen LogP contribution < -0.4 is 10.6 Å². The molecule has 9 heteroatoms. The highest BCUT2D eigenvalue weighted by atomic mass is 16.7. The van der Waals surface area contributed by atoms with Gasteiger partial charge in [0.2, 0.25) is 11.8 Å². The second-order valence-electron chi connectivity index (χ2n) is 15.1. The van der Waals surface area contributed by atoms with Gasteiger partial charge in [0.05, 0.1) is 11.7 Å². The molecule has 1 aliphatic heterocycles. The van der Waals surface area contributed by atoms with E-state index in [0.717, 1.165) is 38.4 Å². The summed E-state index contributed by atoms with van der Waals surface area (Å²) in [7, 11) is -0.233. The molecule has 1 heterocycles. The predicted octanol–water partition coefficient (Wildman–Crippen LogP) is 4.26. The zero-order valence-electron chi connectivity index (χ0n) is 25.2. The number of carbonyl (C=O) groups is 3. The van der Waals surface area contributed by atoms with Gasteiger partial charge in [-0.1, -0.05) is 20.3 Å². The van der Waals surface area contributed by atoms with Gasteiger partial charge >= 0.3 is 13.1 Å². The minimum Gasteiger partial charge on any atom is -0.463 e. The van der Waals surface area contributed by atoms with Gasteiger partial charge in [-0.2, -0.15) is 0 Å². The maximum Gasteiger partial charge on any atom is 0.457 e. The van der Waals surface area contributed by atoms with Crippen LogP contribution in [0.25, 0.3) is 0 Å². The fourth-order valence-corrected chi connectivity index (χ4v) is 9.36. The van der Waals surface area contributed by atoms with E-state index >= 15 is 0 Å². The molecule has 8 nitrogen and oxygen atoms in total. The molecule has 0 aromatic carbocycles. The highest BCUT2D eigenvalue weighted by Gasteiger charge is 2.68. The van der Waals surface area contributed by atoms with E-state index in [0.29, 0.717) is 23.7 Å². The monoisotopic (exact) mass is 544 g/mol. The molecule has 39 heavy (non-hydrogen) atoms. The summed E-state index contributed by atoms with van der Waals surface area (Å²) in [5.74, 6) is 1.04. The lowest BCUT2D eigenvalue weighted by Gasteiger charge is -2.64. The fourth-order valence-electron chi connectivity index (χ4n) is 9.36. The number of fused-ring (bicyclic) bond motifs is 1. The second kappa shape index (κ2) is 9.75. The number of hydrogen-bond acceptors (Lipinski definition) is 6. The Morgan fingerprint density at radius 3 is 2.38 bits per heavy atom. The van der Waals surface area contributed by atoms with Crippen LogP contribution in [0.2, 0.25) is 6.32 Å². The lowest BCUT2D eigenvalue weighted by molar-refractivity contribution is -0.199. The zero-order chi connectivity index (χ0) is 28.5.